The number of thioether (sulfide) groups is 2. The summed E-state index contributed by atoms with van der Waals surface area (Å²) in [5, 5.41) is 15.3. The van der Waals surface area contributed by atoms with Gasteiger partial charge in [0, 0.05) is 4.90 Å². The smallest absolute Gasteiger partial charge is 0.234 e. The van der Waals surface area contributed by atoms with Gasteiger partial charge < -0.3 is 10.1 Å². The van der Waals surface area contributed by atoms with E-state index in [1.807, 2.05) is 61.7 Å². The maximum absolute atomic E-state index is 12.3. The number of para-hydroxylation sites is 3. The minimum absolute atomic E-state index is 0.117. The molecule has 0 unspecified atom stereocenters. The van der Waals surface area contributed by atoms with Crippen LogP contribution in [0.2, 0.25) is 0 Å². The van der Waals surface area contributed by atoms with Crippen LogP contribution in [0.25, 0.3) is 5.69 Å². The van der Waals surface area contributed by atoms with Crippen LogP contribution in [0.1, 0.15) is 6.92 Å². The highest BCUT2D eigenvalue weighted by atomic mass is 32.2. The van der Waals surface area contributed by atoms with E-state index in [4.69, 9.17) is 4.74 Å². The van der Waals surface area contributed by atoms with Gasteiger partial charge in [-0.25, -0.2) is 0 Å². The monoisotopic (exact) mass is 401 g/mol. The normalized spacial score (nSPS) is 10.6. The quantitative estimate of drug-likeness (QED) is 0.578. The Balaban J connectivity index is 1.70. The van der Waals surface area contributed by atoms with E-state index in [1.54, 1.807) is 16.4 Å². The van der Waals surface area contributed by atoms with Crippen molar-refractivity contribution in [2.45, 2.75) is 17.0 Å². The minimum atomic E-state index is -0.117. The lowest BCUT2D eigenvalue weighted by Gasteiger charge is -2.11. The fourth-order valence-electron chi connectivity index (χ4n) is 2.39. The van der Waals surface area contributed by atoms with Crippen molar-refractivity contribution in [1.29, 1.82) is 0 Å². The number of hydrogen-bond donors (Lipinski definition) is 1. The molecule has 140 valence electrons. The van der Waals surface area contributed by atoms with Gasteiger partial charge in [-0.3, -0.25) is 4.79 Å². The Morgan fingerprint density at radius 1 is 1.19 bits per heavy atom. The molecule has 0 atom stereocenters. The van der Waals surface area contributed by atoms with Crippen LogP contribution < -0.4 is 10.1 Å². The second-order valence-electron chi connectivity index (χ2n) is 5.31. The first-order chi connectivity index (χ1) is 13.2. The number of hydrogen-bond acceptors (Lipinski definition) is 7. The molecule has 0 spiro atoms. The highest BCUT2D eigenvalue weighted by Crippen LogP contribution is 2.27. The number of nitrogens with zero attached hydrogens (tertiary/aromatic N) is 4. The molecule has 3 aromatic rings. The summed E-state index contributed by atoms with van der Waals surface area (Å²) in [7, 11) is 0. The van der Waals surface area contributed by atoms with Crippen LogP contribution in [0.3, 0.4) is 0 Å². The van der Waals surface area contributed by atoms with Crippen LogP contribution in [0.5, 0.6) is 5.75 Å². The van der Waals surface area contributed by atoms with Crippen molar-refractivity contribution in [1.82, 2.24) is 20.2 Å². The van der Waals surface area contributed by atoms with Crippen molar-refractivity contribution < 1.29 is 9.53 Å². The van der Waals surface area contributed by atoms with E-state index in [1.165, 1.54) is 11.8 Å². The molecule has 3 rings (SSSR count). The third kappa shape index (κ3) is 4.81. The summed E-state index contributed by atoms with van der Waals surface area (Å²) in [6.45, 7) is 2.46. The van der Waals surface area contributed by atoms with Gasteiger partial charge in [-0.1, -0.05) is 36.0 Å². The van der Waals surface area contributed by atoms with E-state index in [0.717, 1.165) is 16.3 Å². The standard InChI is InChI=1S/C18H19N5O2S2/c1-3-25-15-10-6-5-9-14(15)23-18(20-21-22-23)27-12-17(24)19-13-8-4-7-11-16(13)26-2/h4-11H,3,12H2,1-2H3,(H,19,24). The van der Waals surface area contributed by atoms with Gasteiger partial charge in [0.2, 0.25) is 11.1 Å². The summed E-state index contributed by atoms with van der Waals surface area (Å²) in [4.78, 5) is 13.4. The molecule has 0 bridgehead atoms. The van der Waals surface area contributed by atoms with Gasteiger partial charge in [0.15, 0.2) is 0 Å². The maximum Gasteiger partial charge on any atom is 0.234 e. The highest BCUT2D eigenvalue weighted by molar-refractivity contribution is 7.99. The second kappa shape index (κ2) is 9.43. The number of anilines is 1. The van der Waals surface area contributed by atoms with E-state index in [-0.39, 0.29) is 11.7 Å². The van der Waals surface area contributed by atoms with E-state index < -0.39 is 0 Å². The van der Waals surface area contributed by atoms with Crippen molar-refractivity contribution in [2.75, 3.05) is 23.9 Å². The molecular formula is C18H19N5O2S2. The number of carbonyl (C=O) groups excluding carboxylic acids is 1. The molecule has 1 heterocycles. The molecule has 0 fully saturated rings. The number of rotatable bonds is 8. The van der Waals surface area contributed by atoms with Crippen molar-refractivity contribution in [3.63, 3.8) is 0 Å². The number of aromatic nitrogens is 4. The van der Waals surface area contributed by atoms with Crippen molar-refractivity contribution >= 4 is 35.1 Å². The van der Waals surface area contributed by atoms with Crippen LogP contribution in [0.15, 0.2) is 58.6 Å². The molecule has 0 saturated heterocycles. The highest BCUT2D eigenvalue weighted by Gasteiger charge is 2.15. The first-order valence-electron chi connectivity index (χ1n) is 8.29. The van der Waals surface area contributed by atoms with Crippen molar-refractivity contribution in [3.05, 3.63) is 48.5 Å². The van der Waals surface area contributed by atoms with Gasteiger partial charge in [0.25, 0.3) is 0 Å². The van der Waals surface area contributed by atoms with Crippen molar-refractivity contribution in [3.8, 4) is 11.4 Å². The summed E-state index contributed by atoms with van der Waals surface area (Å²) < 4.78 is 7.22. The Morgan fingerprint density at radius 3 is 2.78 bits per heavy atom. The summed E-state index contributed by atoms with van der Waals surface area (Å²) in [6, 6.07) is 15.2. The molecule has 0 aliphatic carbocycles. The Kier molecular flexibility index (Phi) is 6.72. The van der Waals surface area contributed by atoms with Crippen molar-refractivity contribution in [2.24, 2.45) is 0 Å². The van der Waals surface area contributed by atoms with Crippen LogP contribution in [0, 0.1) is 0 Å². The lowest BCUT2D eigenvalue weighted by atomic mass is 10.3. The number of carbonyl (C=O) groups is 1. The van der Waals surface area contributed by atoms with Gasteiger partial charge in [0.1, 0.15) is 11.4 Å². The third-order valence-corrected chi connectivity index (χ3v) is 5.26. The molecule has 0 radical (unpaired) electrons. The number of benzene rings is 2. The topological polar surface area (TPSA) is 81.9 Å². The minimum Gasteiger partial charge on any atom is -0.492 e. The molecule has 7 nitrogen and oxygen atoms in total. The van der Waals surface area contributed by atoms with E-state index in [9.17, 15) is 4.79 Å². The molecule has 1 N–H and O–H groups in total. The first-order valence-corrected chi connectivity index (χ1v) is 10.5. The zero-order valence-electron chi connectivity index (χ0n) is 15.0. The van der Waals surface area contributed by atoms with E-state index in [2.05, 4.69) is 20.8 Å². The SMILES string of the molecule is CCOc1ccccc1-n1nnnc1SCC(=O)Nc1ccccc1SC. The number of nitrogens with one attached hydrogen (secondary N) is 1. The second-order valence-corrected chi connectivity index (χ2v) is 7.10. The van der Waals surface area contributed by atoms with Gasteiger partial charge in [-0.15, -0.1) is 16.9 Å². The number of tetrazole rings is 1. The Morgan fingerprint density at radius 2 is 1.96 bits per heavy atom. The summed E-state index contributed by atoms with van der Waals surface area (Å²) >= 11 is 2.86. The third-order valence-electron chi connectivity index (χ3n) is 3.55. The first kappa shape index (κ1) is 19.2. The van der Waals surface area contributed by atoms with Gasteiger partial charge in [-0.05, 0) is 47.9 Å². The average Bonchev–Trinajstić information content (AvgIpc) is 3.16. The maximum atomic E-state index is 12.3. The fraction of sp³-hybridized carbons (Fsp3) is 0.222. The van der Waals surface area contributed by atoms with Gasteiger partial charge in [0.05, 0.1) is 18.0 Å². The number of ether oxygens (including phenoxy) is 1. The molecule has 0 saturated carbocycles. The molecule has 1 aromatic heterocycles. The summed E-state index contributed by atoms with van der Waals surface area (Å²) in [5.74, 6) is 0.765. The molecule has 27 heavy (non-hydrogen) atoms. The largest absolute Gasteiger partial charge is 0.492 e. The molecule has 0 aliphatic heterocycles. The predicted molar refractivity (Wildman–Crippen MR) is 108 cm³/mol. The average molecular weight is 402 g/mol. The summed E-state index contributed by atoms with van der Waals surface area (Å²) in [6.07, 6.45) is 1.98. The van der Waals surface area contributed by atoms with Crippen LogP contribution in [0.4, 0.5) is 5.69 Å². The number of amides is 1. The summed E-state index contributed by atoms with van der Waals surface area (Å²) in [5.41, 5.74) is 1.54. The lowest BCUT2D eigenvalue weighted by molar-refractivity contribution is -0.113. The van der Waals surface area contributed by atoms with Crippen LogP contribution in [-0.4, -0.2) is 44.7 Å². The zero-order chi connectivity index (χ0) is 19.1. The lowest BCUT2D eigenvalue weighted by Crippen LogP contribution is -2.15. The Bertz CT molecular complexity index is 916. The molecule has 9 heteroatoms. The van der Waals surface area contributed by atoms with Crippen LogP contribution >= 0.6 is 23.5 Å². The molecule has 1 amide bonds. The Labute approximate surface area is 165 Å². The zero-order valence-corrected chi connectivity index (χ0v) is 16.6. The Hall–Kier alpha value is -2.52. The molecular weight excluding hydrogens is 382 g/mol. The molecule has 0 aliphatic rings. The van der Waals surface area contributed by atoms with Crippen LogP contribution in [-0.2, 0) is 4.79 Å². The predicted octanol–water partition coefficient (Wildman–Crippen LogP) is 3.51. The van der Waals surface area contributed by atoms with E-state index >= 15 is 0 Å². The molecule has 2 aromatic carbocycles. The fourth-order valence-corrected chi connectivity index (χ4v) is 3.63. The van der Waals surface area contributed by atoms with E-state index in [0.29, 0.717) is 17.5 Å². The van der Waals surface area contributed by atoms with Gasteiger partial charge >= 0.3 is 0 Å². The van der Waals surface area contributed by atoms with Gasteiger partial charge in [-0.2, -0.15) is 4.68 Å².